The zero-order valence-corrected chi connectivity index (χ0v) is 11.9. The molecular weight excluding hydrogens is 266 g/mol. The van der Waals surface area contributed by atoms with Gasteiger partial charge in [0.25, 0.3) is 5.69 Å². The molecule has 0 aliphatic rings. The molecule has 5 nitrogen and oxygen atoms in total. The second-order valence-electron chi connectivity index (χ2n) is 4.60. The Balaban J connectivity index is 2.52. The summed E-state index contributed by atoms with van der Waals surface area (Å²) in [6, 6.07) is 14.4. The van der Waals surface area contributed by atoms with Crippen molar-refractivity contribution in [3.05, 3.63) is 63.7 Å². The van der Waals surface area contributed by atoms with Crippen molar-refractivity contribution in [1.82, 2.24) is 0 Å². The van der Waals surface area contributed by atoms with E-state index in [1.807, 2.05) is 49.1 Å². The standard InChI is InChI=1S/C16H15N3O2/c1-3-18(15-7-5-4-6-12(15)2)14-8-9-16(19(20)21)13(10-14)11-17/h4-10H,3H2,1-2H3. The Kier molecular flexibility index (Phi) is 4.19. The van der Waals surface area contributed by atoms with Gasteiger partial charge < -0.3 is 4.90 Å². The first-order valence-electron chi connectivity index (χ1n) is 6.60. The van der Waals surface area contributed by atoms with E-state index >= 15 is 0 Å². The van der Waals surface area contributed by atoms with E-state index in [0.717, 1.165) is 16.9 Å². The van der Waals surface area contributed by atoms with Crippen LogP contribution in [0.3, 0.4) is 0 Å². The van der Waals surface area contributed by atoms with Gasteiger partial charge in [-0.3, -0.25) is 10.1 Å². The topological polar surface area (TPSA) is 70.2 Å². The predicted octanol–water partition coefficient (Wildman–Crippen LogP) is 3.93. The third-order valence-corrected chi connectivity index (χ3v) is 3.33. The highest BCUT2D eigenvalue weighted by atomic mass is 16.6. The molecule has 0 fully saturated rings. The molecule has 0 bridgehead atoms. The molecule has 2 rings (SSSR count). The minimum Gasteiger partial charge on any atom is -0.342 e. The number of nitriles is 1. The molecule has 0 heterocycles. The number of nitro groups is 1. The Labute approximate surface area is 123 Å². The summed E-state index contributed by atoms with van der Waals surface area (Å²) >= 11 is 0. The highest BCUT2D eigenvalue weighted by molar-refractivity contribution is 5.69. The molecule has 106 valence electrons. The van der Waals surface area contributed by atoms with E-state index in [0.29, 0.717) is 6.54 Å². The van der Waals surface area contributed by atoms with Crippen LogP contribution in [0, 0.1) is 28.4 Å². The number of para-hydroxylation sites is 1. The molecule has 0 saturated heterocycles. The maximum Gasteiger partial charge on any atom is 0.287 e. The number of nitrogens with zero attached hydrogens (tertiary/aromatic N) is 3. The van der Waals surface area contributed by atoms with Crippen LogP contribution in [-0.4, -0.2) is 11.5 Å². The van der Waals surface area contributed by atoms with Crippen LogP contribution in [0.2, 0.25) is 0 Å². The molecule has 0 aromatic heterocycles. The highest BCUT2D eigenvalue weighted by Gasteiger charge is 2.17. The zero-order chi connectivity index (χ0) is 15.4. The second kappa shape index (κ2) is 6.06. The van der Waals surface area contributed by atoms with E-state index < -0.39 is 4.92 Å². The van der Waals surface area contributed by atoms with Gasteiger partial charge in [0.15, 0.2) is 0 Å². The SMILES string of the molecule is CCN(c1ccc([N+](=O)[O-])c(C#N)c1)c1ccccc1C. The van der Waals surface area contributed by atoms with Crippen molar-refractivity contribution >= 4 is 17.1 Å². The quantitative estimate of drug-likeness (QED) is 0.628. The molecule has 0 atom stereocenters. The van der Waals surface area contributed by atoms with Gasteiger partial charge in [0.05, 0.1) is 4.92 Å². The maximum atomic E-state index is 10.9. The van der Waals surface area contributed by atoms with Crippen molar-refractivity contribution in [1.29, 1.82) is 5.26 Å². The Morgan fingerprint density at radius 1 is 1.29 bits per heavy atom. The van der Waals surface area contributed by atoms with Crippen LogP contribution in [0.5, 0.6) is 0 Å². The van der Waals surface area contributed by atoms with E-state index in [1.54, 1.807) is 12.1 Å². The van der Waals surface area contributed by atoms with Crippen molar-refractivity contribution in [3.63, 3.8) is 0 Å². The number of benzene rings is 2. The molecule has 0 aliphatic carbocycles. The summed E-state index contributed by atoms with van der Waals surface area (Å²) in [7, 11) is 0. The summed E-state index contributed by atoms with van der Waals surface area (Å²) in [6.45, 7) is 4.71. The lowest BCUT2D eigenvalue weighted by atomic mass is 10.1. The largest absolute Gasteiger partial charge is 0.342 e. The first-order chi connectivity index (χ1) is 10.1. The Hall–Kier alpha value is -2.87. The van der Waals surface area contributed by atoms with Gasteiger partial charge in [-0.15, -0.1) is 0 Å². The van der Waals surface area contributed by atoms with E-state index in [2.05, 4.69) is 0 Å². The van der Waals surface area contributed by atoms with Crippen molar-refractivity contribution in [2.75, 3.05) is 11.4 Å². The molecule has 21 heavy (non-hydrogen) atoms. The lowest BCUT2D eigenvalue weighted by Gasteiger charge is -2.25. The third kappa shape index (κ3) is 2.84. The van der Waals surface area contributed by atoms with Crippen LogP contribution in [0.1, 0.15) is 18.1 Å². The van der Waals surface area contributed by atoms with Gasteiger partial charge >= 0.3 is 0 Å². The lowest BCUT2D eigenvalue weighted by molar-refractivity contribution is -0.385. The summed E-state index contributed by atoms with van der Waals surface area (Å²) in [5, 5.41) is 20.0. The van der Waals surface area contributed by atoms with Gasteiger partial charge in [0.2, 0.25) is 0 Å². The highest BCUT2D eigenvalue weighted by Crippen LogP contribution is 2.31. The Morgan fingerprint density at radius 2 is 2.00 bits per heavy atom. The fourth-order valence-corrected chi connectivity index (χ4v) is 2.30. The van der Waals surface area contributed by atoms with Gasteiger partial charge in [-0.05, 0) is 37.6 Å². The fourth-order valence-electron chi connectivity index (χ4n) is 2.30. The molecule has 5 heteroatoms. The normalized spacial score (nSPS) is 9.95. The summed E-state index contributed by atoms with van der Waals surface area (Å²) in [6.07, 6.45) is 0. The molecule has 2 aromatic rings. The number of anilines is 2. The Morgan fingerprint density at radius 3 is 2.57 bits per heavy atom. The summed E-state index contributed by atoms with van der Waals surface area (Å²) in [5.41, 5.74) is 2.81. The third-order valence-electron chi connectivity index (χ3n) is 3.33. The minimum absolute atomic E-state index is 0.0736. The van der Waals surface area contributed by atoms with Crippen molar-refractivity contribution in [3.8, 4) is 6.07 Å². The fraction of sp³-hybridized carbons (Fsp3) is 0.188. The van der Waals surface area contributed by atoms with Crippen LogP contribution in [0.15, 0.2) is 42.5 Å². The van der Waals surface area contributed by atoms with Gasteiger partial charge in [0, 0.05) is 24.0 Å². The number of rotatable bonds is 4. The summed E-state index contributed by atoms with van der Waals surface area (Å²) < 4.78 is 0. The van der Waals surface area contributed by atoms with Crippen LogP contribution in [0.4, 0.5) is 17.1 Å². The second-order valence-corrected chi connectivity index (χ2v) is 4.60. The average molecular weight is 281 g/mol. The van der Waals surface area contributed by atoms with Gasteiger partial charge in [-0.1, -0.05) is 18.2 Å². The molecular formula is C16H15N3O2. The smallest absolute Gasteiger partial charge is 0.287 e. The van der Waals surface area contributed by atoms with E-state index in [4.69, 9.17) is 5.26 Å². The summed E-state index contributed by atoms with van der Waals surface area (Å²) in [4.78, 5) is 12.4. The van der Waals surface area contributed by atoms with Gasteiger partial charge in [-0.2, -0.15) is 5.26 Å². The van der Waals surface area contributed by atoms with E-state index in [1.165, 1.54) is 6.07 Å². The van der Waals surface area contributed by atoms with Crippen LogP contribution in [-0.2, 0) is 0 Å². The number of aryl methyl sites for hydroxylation is 1. The molecule has 0 radical (unpaired) electrons. The van der Waals surface area contributed by atoms with Crippen LogP contribution in [0.25, 0.3) is 0 Å². The number of nitro benzene ring substituents is 1. The predicted molar refractivity (Wildman–Crippen MR) is 81.7 cm³/mol. The van der Waals surface area contributed by atoms with E-state index in [9.17, 15) is 10.1 Å². The molecule has 0 N–H and O–H groups in total. The molecule has 2 aromatic carbocycles. The van der Waals surface area contributed by atoms with Crippen molar-refractivity contribution < 1.29 is 4.92 Å². The Bertz CT molecular complexity index is 720. The molecule has 0 unspecified atom stereocenters. The first kappa shape index (κ1) is 14.5. The summed E-state index contributed by atoms with van der Waals surface area (Å²) in [5.74, 6) is 0. The molecule has 0 aliphatic heterocycles. The van der Waals surface area contributed by atoms with Gasteiger partial charge in [0.1, 0.15) is 11.6 Å². The first-order valence-corrected chi connectivity index (χ1v) is 6.60. The van der Waals surface area contributed by atoms with Crippen molar-refractivity contribution in [2.24, 2.45) is 0 Å². The minimum atomic E-state index is -0.535. The average Bonchev–Trinajstić information content (AvgIpc) is 2.49. The van der Waals surface area contributed by atoms with Crippen LogP contribution < -0.4 is 4.90 Å². The molecule has 0 saturated carbocycles. The monoisotopic (exact) mass is 281 g/mol. The zero-order valence-electron chi connectivity index (χ0n) is 11.9. The van der Waals surface area contributed by atoms with E-state index in [-0.39, 0.29) is 11.3 Å². The maximum absolute atomic E-state index is 10.9. The van der Waals surface area contributed by atoms with Crippen LogP contribution >= 0.6 is 0 Å². The van der Waals surface area contributed by atoms with Crippen molar-refractivity contribution in [2.45, 2.75) is 13.8 Å². The number of hydrogen-bond acceptors (Lipinski definition) is 4. The molecule has 0 spiro atoms. The number of hydrogen-bond donors (Lipinski definition) is 0. The molecule has 0 amide bonds. The lowest BCUT2D eigenvalue weighted by Crippen LogP contribution is -2.17. The van der Waals surface area contributed by atoms with Gasteiger partial charge in [-0.25, -0.2) is 0 Å².